The lowest BCUT2D eigenvalue weighted by Gasteiger charge is -2.36. The zero-order chi connectivity index (χ0) is 15.0. The highest BCUT2D eigenvalue weighted by Gasteiger charge is 2.42. The number of alkyl halides is 3. The van der Waals surface area contributed by atoms with E-state index in [0.29, 0.717) is 18.7 Å². The Morgan fingerprint density at radius 1 is 1.19 bits per heavy atom. The Balaban J connectivity index is 1.99. The van der Waals surface area contributed by atoms with E-state index in [1.165, 1.54) is 0 Å². The minimum Gasteiger partial charge on any atom is -0.398 e. The van der Waals surface area contributed by atoms with Crippen molar-refractivity contribution < 1.29 is 13.2 Å². The molecule has 1 atom stereocenters. The number of hydrogen-bond donors (Lipinski definition) is 1. The van der Waals surface area contributed by atoms with Gasteiger partial charge in [-0.3, -0.25) is 4.98 Å². The average molecular weight is 295 g/mol. The second kappa shape index (κ2) is 5.09. The van der Waals surface area contributed by atoms with Crippen LogP contribution in [0.25, 0.3) is 10.8 Å². The van der Waals surface area contributed by atoms with Crippen LogP contribution in [0.4, 0.5) is 24.5 Å². The topological polar surface area (TPSA) is 42.1 Å². The number of nitrogens with zero attached hydrogens (tertiary/aromatic N) is 2. The van der Waals surface area contributed by atoms with Gasteiger partial charge in [-0.25, -0.2) is 0 Å². The van der Waals surface area contributed by atoms with Gasteiger partial charge in [-0.2, -0.15) is 13.2 Å². The van der Waals surface area contributed by atoms with Crippen molar-refractivity contribution >= 4 is 22.1 Å². The molecule has 112 valence electrons. The first kappa shape index (κ1) is 14.0. The fourth-order valence-electron chi connectivity index (χ4n) is 2.94. The summed E-state index contributed by atoms with van der Waals surface area (Å²) in [6, 6.07) is 5.34. The van der Waals surface area contributed by atoms with E-state index in [1.807, 2.05) is 4.90 Å². The highest BCUT2D eigenvalue weighted by Crippen LogP contribution is 2.37. The zero-order valence-corrected chi connectivity index (χ0v) is 11.4. The molecule has 3 rings (SSSR count). The number of hydrogen-bond acceptors (Lipinski definition) is 3. The maximum absolute atomic E-state index is 13.0. The fourth-order valence-corrected chi connectivity index (χ4v) is 2.94. The number of fused-ring (bicyclic) bond motifs is 1. The molecule has 0 spiro atoms. The lowest BCUT2D eigenvalue weighted by atomic mass is 9.96. The van der Waals surface area contributed by atoms with Gasteiger partial charge >= 0.3 is 6.18 Å². The molecule has 2 heterocycles. The predicted molar refractivity (Wildman–Crippen MR) is 77.1 cm³/mol. The highest BCUT2D eigenvalue weighted by atomic mass is 19.4. The van der Waals surface area contributed by atoms with Crippen LogP contribution >= 0.6 is 0 Å². The van der Waals surface area contributed by atoms with Crippen molar-refractivity contribution in [1.82, 2.24) is 4.98 Å². The van der Waals surface area contributed by atoms with Crippen LogP contribution in [-0.4, -0.2) is 24.2 Å². The normalized spacial score (nSPS) is 20.0. The number of nitrogen functional groups attached to an aromatic ring is 1. The summed E-state index contributed by atoms with van der Waals surface area (Å²) < 4.78 is 38.9. The Labute approximate surface area is 120 Å². The van der Waals surface area contributed by atoms with Gasteiger partial charge < -0.3 is 10.6 Å². The lowest BCUT2D eigenvalue weighted by Crippen LogP contribution is -2.41. The molecule has 0 aliphatic carbocycles. The van der Waals surface area contributed by atoms with Gasteiger partial charge in [-0.15, -0.1) is 0 Å². The molecule has 1 aromatic heterocycles. The van der Waals surface area contributed by atoms with E-state index in [9.17, 15) is 13.2 Å². The zero-order valence-electron chi connectivity index (χ0n) is 11.4. The summed E-state index contributed by atoms with van der Waals surface area (Å²) in [7, 11) is 0. The van der Waals surface area contributed by atoms with Crippen molar-refractivity contribution in [3.05, 3.63) is 30.6 Å². The van der Waals surface area contributed by atoms with Crippen molar-refractivity contribution in [2.45, 2.75) is 19.0 Å². The average Bonchev–Trinajstić information content (AvgIpc) is 2.47. The molecule has 0 amide bonds. The molecule has 3 nitrogen and oxygen atoms in total. The monoisotopic (exact) mass is 295 g/mol. The molecular formula is C15H16F3N3. The minimum absolute atomic E-state index is 0.00480. The summed E-state index contributed by atoms with van der Waals surface area (Å²) in [6.45, 7) is 0.638. The third kappa shape index (κ3) is 2.62. The second-order valence-electron chi connectivity index (χ2n) is 5.42. The molecule has 1 aromatic carbocycles. The van der Waals surface area contributed by atoms with Gasteiger partial charge in [0.15, 0.2) is 0 Å². The molecule has 0 radical (unpaired) electrons. The van der Waals surface area contributed by atoms with Crippen molar-refractivity contribution in [3.63, 3.8) is 0 Å². The lowest BCUT2D eigenvalue weighted by molar-refractivity contribution is -0.175. The van der Waals surface area contributed by atoms with Crippen LogP contribution in [0.15, 0.2) is 30.6 Å². The van der Waals surface area contributed by atoms with Crippen LogP contribution in [0, 0.1) is 5.92 Å². The summed E-state index contributed by atoms with van der Waals surface area (Å²) in [5.41, 5.74) is 7.30. The van der Waals surface area contributed by atoms with Gasteiger partial charge in [-0.05, 0) is 31.0 Å². The van der Waals surface area contributed by atoms with Gasteiger partial charge in [0, 0.05) is 47.6 Å². The van der Waals surface area contributed by atoms with Gasteiger partial charge in [0.1, 0.15) is 0 Å². The number of rotatable bonds is 1. The van der Waals surface area contributed by atoms with Gasteiger partial charge in [0.2, 0.25) is 0 Å². The van der Waals surface area contributed by atoms with Crippen LogP contribution in [0.5, 0.6) is 0 Å². The SMILES string of the molecule is Nc1ccc(N2CCCC(C(F)(F)F)C2)c2ccncc12. The summed E-state index contributed by atoms with van der Waals surface area (Å²) in [6.07, 6.45) is -0.102. The van der Waals surface area contributed by atoms with E-state index in [0.717, 1.165) is 16.5 Å². The maximum Gasteiger partial charge on any atom is 0.393 e. The number of anilines is 2. The third-order valence-electron chi connectivity index (χ3n) is 4.05. The van der Waals surface area contributed by atoms with E-state index in [1.54, 1.807) is 30.6 Å². The van der Waals surface area contributed by atoms with E-state index in [-0.39, 0.29) is 13.0 Å². The molecule has 1 aliphatic heterocycles. The van der Waals surface area contributed by atoms with Crippen LogP contribution in [0.3, 0.4) is 0 Å². The van der Waals surface area contributed by atoms with Crippen LogP contribution < -0.4 is 10.6 Å². The number of pyridine rings is 1. The molecule has 1 saturated heterocycles. The summed E-state index contributed by atoms with van der Waals surface area (Å²) in [5, 5.41) is 1.64. The second-order valence-corrected chi connectivity index (χ2v) is 5.42. The maximum atomic E-state index is 13.0. The van der Waals surface area contributed by atoms with Crippen molar-refractivity contribution in [3.8, 4) is 0 Å². The number of piperidine rings is 1. The number of nitrogens with two attached hydrogens (primary N) is 1. The summed E-state index contributed by atoms with van der Waals surface area (Å²) in [5.74, 6) is -1.26. The first-order chi connectivity index (χ1) is 9.97. The Morgan fingerprint density at radius 2 is 2.00 bits per heavy atom. The molecule has 2 aromatic rings. The third-order valence-corrected chi connectivity index (χ3v) is 4.05. The molecule has 1 fully saturated rings. The van der Waals surface area contributed by atoms with E-state index in [4.69, 9.17) is 5.73 Å². The Bertz CT molecular complexity index is 654. The Kier molecular flexibility index (Phi) is 3.39. The van der Waals surface area contributed by atoms with E-state index >= 15 is 0 Å². The highest BCUT2D eigenvalue weighted by molar-refractivity contribution is 6.00. The molecular weight excluding hydrogens is 279 g/mol. The molecule has 0 bridgehead atoms. The first-order valence-corrected chi connectivity index (χ1v) is 6.90. The van der Waals surface area contributed by atoms with Crippen LogP contribution in [0.1, 0.15) is 12.8 Å². The predicted octanol–water partition coefficient (Wildman–Crippen LogP) is 3.60. The first-order valence-electron chi connectivity index (χ1n) is 6.90. The molecule has 2 N–H and O–H groups in total. The Hall–Kier alpha value is -1.98. The largest absolute Gasteiger partial charge is 0.398 e. The van der Waals surface area contributed by atoms with Gasteiger partial charge in [0.05, 0.1) is 5.92 Å². The number of aromatic nitrogens is 1. The van der Waals surface area contributed by atoms with Gasteiger partial charge in [0.25, 0.3) is 0 Å². The molecule has 1 unspecified atom stereocenters. The molecule has 6 heteroatoms. The van der Waals surface area contributed by atoms with Crippen molar-refractivity contribution in [1.29, 1.82) is 0 Å². The fraction of sp³-hybridized carbons (Fsp3) is 0.400. The van der Waals surface area contributed by atoms with E-state index in [2.05, 4.69) is 4.98 Å². The summed E-state index contributed by atoms with van der Waals surface area (Å²) >= 11 is 0. The number of halogens is 3. The summed E-state index contributed by atoms with van der Waals surface area (Å²) in [4.78, 5) is 5.84. The molecule has 1 aliphatic rings. The number of benzene rings is 1. The standard InChI is InChI=1S/C15H16F3N3/c16-15(17,18)10-2-1-7-21(9-10)14-4-3-13(19)12-8-20-6-5-11(12)14/h3-6,8,10H,1-2,7,9,19H2. The van der Waals surface area contributed by atoms with Crippen LogP contribution in [-0.2, 0) is 0 Å². The minimum atomic E-state index is -4.14. The molecule has 0 saturated carbocycles. The Morgan fingerprint density at radius 3 is 2.76 bits per heavy atom. The van der Waals surface area contributed by atoms with Crippen molar-refractivity contribution in [2.24, 2.45) is 5.92 Å². The molecule has 21 heavy (non-hydrogen) atoms. The smallest absolute Gasteiger partial charge is 0.393 e. The van der Waals surface area contributed by atoms with E-state index < -0.39 is 12.1 Å². The quantitative estimate of drug-likeness (QED) is 0.817. The van der Waals surface area contributed by atoms with Gasteiger partial charge in [-0.1, -0.05) is 0 Å². The van der Waals surface area contributed by atoms with Crippen molar-refractivity contribution in [2.75, 3.05) is 23.7 Å². The van der Waals surface area contributed by atoms with Crippen LogP contribution in [0.2, 0.25) is 0 Å².